The highest BCUT2D eigenvalue weighted by Crippen LogP contribution is 2.32. The van der Waals surface area contributed by atoms with Crippen LogP contribution in [0.5, 0.6) is 5.75 Å². The van der Waals surface area contributed by atoms with Crippen molar-refractivity contribution in [3.05, 3.63) is 29.3 Å². The second-order valence-electron chi connectivity index (χ2n) is 5.92. The summed E-state index contributed by atoms with van der Waals surface area (Å²) in [6.07, 6.45) is 1.25. The van der Waals surface area contributed by atoms with Crippen LogP contribution in [-0.4, -0.2) is 19.7 Å². The van der Waals surface area contributed by atoms with Gasteiger partial charge < -0.3 is 10.1 Å². The zero-order chi connectivity index (χ0) is 13.8. The monoisotopic (exact) mass is 249 g/mol. The van der Waals surface area contributed by atoms with E-state index in [4.69, 9.17) is 4.74 Å². The third kappa shape index (κ3) is 4.02. The highest BCUT2D eigenvalue weighted by Gasteiger charge is 2.20. The molecule has 2 nitrogen and oxygen atoms in total. The molecule has 0 aliphatic rings. The van der Waals surface area contributed by atoms with Crippen LogP contribution < -0.4 is 10.1 Å². The molecule has 0 saturated carbocycles. The van der Waals surface area contributed by atoms with Crippen molar-refractivity contribution in [2.45, 2.75) is 52.6 Å². The first-order valence-electron chi connectivity index (χ1n) is 6.83. The molecule has 2 heteroatoms. The molecule has 1 N–H and O–H groups in total. The number of nitrogens with one attached hydrogen (secondary N) is 1. The molecule has 0 aromatic heterocycles. The fraction of sp³-hybridized carbons (Fsp3) is 0.625. The molecule has 0 heterocycles. The van der Waals surface area contributed by atoms with E-state index in [0.29, 0.717) is 0 Å². The van der Waals surface area contributed by atoms with Gasteiger partial charge in [0, 0.05) is 6.54 Å². The normalized spacial score (nSPS) is 13.4. The van der Waals surface area contributed by atoms with Gasteiger partial charge in [0.2, 0.25) is 0 Å². The molecule has 0 aliphatic carbocycles. The first-order chi connectivity index (χ1) is 8.38. The molecule has 0 saturated heterocycles. The lowest BCUT2D eigenvalue weighted by molar-refractivity contribution is 0.215. The smallest absolute Gasteiger partial charge is 0.123 e. The molecule has 0 spiro atoms. The number of hydrogen-bond donors (Lipinski definition) is 1. The molecule has 0 aliphatic heterocycles. The van der Waals surface area contributed by atoms with E-state index in [2.05, 4.69) is 58.1 Å². The second kappa shape index (κ2) is 6.24. The van der Waals surface area contributed by atoms with Gasteiger partial charge in [0.1, 0.15) is 11.9 Å². The Morgan fingerprint density at radius 1 is 1.28 bits per heavy atom. The van der Waals surface area contributed by atoms with E-state index in [0.717, 1.165) is 18.7 Å². The summed E-state index contributed by atoms with van der Waals surface area (Å²) in [6, 6.07) is 6.56. The second-order valence-corrected chi connectivity index (χ2v) is 5.92. The summed E-state index contributed by atoms with van der Waals surface area (Å²) < 4.78 is 6.05. The zero-order valence-electron chi connectivity index (χ0n) is 12.6. The summed E-state index contributed by atoms with van der Waals surface area (Å²) in [6.45, 7) is 11.8. The minimum Gasteiger partial charge on any atom is -0.489 e. The summed E-state index contributed by atoms with van der Waals surface area (Å²) in [7, 11) is 1.95. The first kappa shape index (κ1) is 15.0. The average molecular weight is 249 g/mol. The van der Waals surface area contributed by atoms with E-state index in [9.17, 15) is 0 Å². The van der Waals surface area contributed by atoms with Crippen molar-refractivity contribution in [3.63, 3.8) is 0 Å². The Balaban J connectivity index is 3.03. The Labute approximate surface area is 112 Å². The lowest BCUT2D eigenvalue weighted by Gasteiger charge is -2.25. The molecule has 1 rings (SSSR count). The van der Waals surface area contributed by atoms with Crippen LogP contribution in [0.15, 0.2) is 18.2 Å². The Bertz CT molecular complexity index is 379. The summed E-state index contributed by atoms with van der Waals surface area (Å²) in [5, 5.41) is 3.14. The fourth-order valence-electron chi connectivity index (χ4n) is 2.03. The van der Waals surface area contributed by atoms with Gasteiger partial charge in [-0.25, -0.2) is 0 Å². The summed E-state index contributed by atoms with van der Waals surface area (Å²) in [5.74, 6) is 1.02. The summed E-state index contributed by atoms with van der Waals surface area (Å²) >= 11 is 0. The van der Waals surface area contributed by atoms with Gasteiger partial charge in [-0.05, 0) is 43.0 Å². The minimum absolute atomic E-state index is 0.111. The number of aryl methyl sites for hydroxylation is 1. The maximum absolute atomic E-state index is 6.05. The predicted molar refractivity (Wildman–Crippen MR) is 78.5 cm³/mol. The zero-order valence-corrected chi connectivity index (χ0v) is 12.6. The number of rotatable bonds is 5. The molecule has 1 unspecified atom stereocenters. The van der Waals surface area contributed by atoms with Crippen LogP contribution in [0.2, 0.25) is 0 Å². The van der Waals surface area contributed by atoms with Gasteiger partial charge in [-0.15, -0.1) is 0 Å². The molecule has 102 valence electrons. The van der Waals surface area contributed by atoms with Crippen LogP contribution in [0.4, 0.5) is 0 Å². The molecule has 1 aromatic carbocycles. The lowest BCUT2D eigenvalue weighted by Crippen LogP contribution is -2.27. The Morgan fingerprint density at radius 3 is 2.44 bits per heavy atom. The van der Waals surface area contributed by atoms with Crippen molar-refractivity contribution in [1.29, 1.82) is 0 Å². The molecular weight excluding hydrogens is 222 g/mol. The van der Waals surface area contributed by atoms with Gasteiger partial charge in [0.15, 0.2) is 0 Å². The van der Waals surface area contributed by atoms with Gasteiger partial charge >= 0.3 is 0 Å². The average Bonchev–Trinajstić information content (AvgIpc) is 2.28. The maximum atomic E-state index is 6.05. The Morgan fingerprint density at radius 2 is 1.94 bits per heavy atom. The number of likely N-dealkylation sites (N-methyl/N-ethyl adjacent to an activating group) is 1. The highest BCUT2D eigenvalue weighted by atomic mass is 16.5. The van der Waals surface area contributed by atoms with Crippen molar-refractivity contribution < 1.29 is 4.74 Å². The quantitative estimate of drug-likeness (QED) is 0.862. The largest absolute Gasteiger partial charge is 0.489 e. The Kier molecular flexibility index (Phi) is 5.21. The van der Waals surface area contributed by atoms with Crippen molar-refractivity contribution in [1.82, 2.24) is 5.32 Å². The van der Waals surface area contributed by atoms with E-state index in [-0.39, 0.29) is 11.5 Å². The molecule has 1 atom stereocenters. The SMILES string of the molecule is CCc1ccc(OC(C)CNC)c(C(C)(C)C)c1. The first-order valence-corrected chi connectivity index (χ1v) is 6.83. The van der Waals surface area contributed by atoms with Gasteiger partial charge in [-0.1, -0.05) is 39.8 Å². The topological polar surface area (TPSA) is 21.3 Å². The number of ether oxygens (including phenoxy) is 1. The van der Waals surface area contributed by atoms with Gasteiger partial charge in [0.05, 0.1) is 0 Å². The van der Waals surface area contributed by atoms with Crippen LogP contribution in [-0.2, 0) is 11.8 Å². The fourth-order valence-corrected chi connectivity index (χ4v) is 2.03. The summed E-state index contributed by atoms with van der Waals surface area (Å²) in [4.78, 5) is 0. The van der Waals surface area contributed by atoms with Crippen molar-refractivity contribution in [2.75, 3.05) is 13.6 Å². The third-order valence-electron chi connectivity index (χ3n) is 3.08. The van der Waals surface area contributed by atoms with E-state index < -0.39 is 0 Å². The minimum atomic E-state index is 0.111. The molecule has 18 heavy (non-hydrogen) atoms. The van der Waals surface area contributed by atoms with Crippen LogP contribution in [0.1, 0.15) is 45.7 Å². The molecule has 0 amide bonds. The predicted octanol–water partition coefficient (Wildman–Crippen LogP) is 3.53. The maximum Gasteiger partial charge on any atom is 0.123 e. The Hall–Kier alpha value is -1.02. The molecule has 0 bridgehead atoms. The summed E-state index contributed by atoms with van der Waals surface area (Å²) in [5.41, 5.74) is 2.78. The van der Waals surface area contributed by atoms with Crippen LogP contribution in [0, 0.1) is 0 Å². The molecule has 0 fully saturated rings. The van der Waals surface area contributed by atoms with Crippen molar-refractivity contribution in [2.24, 2.45) is 0 Å². The molecular formula is C16H27NO. The van der Waals surface area contributed by atoms with Crippen LogP contribution in [0.25, 0.3) is 0 Å². The van der Waals surface area contributed by atoms with Crippen molar-refractivity contribution >= 4 is 0 Å². The number of hydrogen-bond acceptors (Lipinski definition) is 2. The lowest BCUT2D eigenvalue weighted by atomic mass is 9.85. The third-order valence-corrected chi connectivity index (χ3v) is 3.08. The van der Waals surface area contributed by atoms with Crippen LogP contribution in [0.3, 0.4) is 0 Å². The standard InChI is InChI=1S/C16H27NO/c1-7-13-8-9-15(18-12(2)11-17-6)14(10-13)16(3,4)5/h8-10,12,17H,7,11H2,1-6H3. The van der Waals surface area contributed by atoms with Crippen molar-refractivity contribution in [3.8, 4) is 5.75 Å². The van der Waals surface area contributed by atoms with Gasteiger partial charge in [-0.2, -0.15) is 0 Å². The molecule has 1 aromatic rings. The van der Waals surface area contributed by atoms with E-state index in [1.165, 1.54) is 11.1 Å². The number of benzene rings is 1. The highest BCUT2D eigenvalue weighted by molar-refractivity contribution is 5.41. The van der Waals surface area contributed by atoms with E-state index in [1.807, 2.05) is 7.05 Å². The van der Waals surface area contributed by atoms with E-state index in [1.54, 1.807) is 0 Å². The van der Waals surface area contributed by atoms with Gasteiger partial charge in [0.25, 0.3) is 0 Å². The molecule has 0 radical (unpaired) electrons. The van der Waals surface area contributed by atoms with Crippen LogP contribution >= 0.6 is 0 Å². The van der Waals surface area contributed by atoms with Gasteiger partial charge in [-0.3, -0.25) is 0 Å². The van der Waals surface area contributed by atoms with E-state index >= 15 is 0 Å².